The van der Waals surface area contributed by atoms with Crippen molar-refractivity contribution in [2.75, 3.05) is 6.54 Å². The number of aromatic nitrogens is 3. The average Bonchev–Trinajstić information content (AvgIpc) is 3.33. The third-order valence-corrected chi connectivity index (χ3v) is 6.52. The summed E-state index contributed by atoms with van der Waals surface area (Å²) in [5, 5.41) is 22.7. The molecule has 1 fully saturated rings. The van der Waals surface area contributed by atoms with Crippen molar-refractivity contribution in [1.82, 2.24) is 24.8 Å². The van der Waals surface area contributed by atoms with Crippen LogP contribution in [-0.2, 0) is 13.1 Å². The third-order valence-electron chi connectivity index (χ3n) is 5.56. The molecule has 0 bridgehead atoms. The second-order valence-corrected chi connectivity index (χ2v) is 8.67. The molecule has 1 atom stereocenters. The highest BCUT2D eigenvalue weighted by atomic mass is 32.1. The van der Waals surface area contributed by atoms with E-state index in [-0.39, 0.29) is 34.3 Å². The van der Waals surface area contributed by atoms with E-state index in [2.05, 4.69) is 10.2 Å². The molecule has 0 aliphatic carbocycles. The van der Waals surface area contributed by atoms with Crippen LogP contribution in [0.2, 0.25) is 0 Å². The van der Waals surface area contributed by atoms with Crippen LogP contribution >= 0.6 is 11.3 Å². The second-order valence-electron chi connectivity index (χ2n) is 7.61. The molecule has 1 aromatic carbocycles. The number of amides is 1. The highest BCUT2D eigenvalue weighted by Crippen LogP contribution is 2.32. The zero-order valence-corrected chi connectivity index (χ0v) is 17.2. The second kappa shape index (κ2) is 7.20. The van der Waals surface area contributed by atoms with Gasteiger partial charge in [-0.3, -0.25) is 14.6 Å². The smallest absolute Gasteiger partial charge is 0.289 e. The Hall–Kier alpha value is -3.18. The summed E-state index contributed by atoms with van der Waals surface area (Å²) >= 11 is 1.07. The molecular formula is C20H17F2N5O3S. The van der Waals surface area contributed by atoms with Crippen molar-refractivity contribution in [2.45, 2.75) is 32.5 Å². The number of carbonyl (C=O) groups excluding carboxylic acids is 1. The van der Waals surface area contributed by atoms with Crippen LogP contribution in [-0.4, -0.2) is 48.4 Å². The molecule has 1 amide bonds. The maximum absolute atomic E-state index is 13.9. The predicted octanol–water partition coefficient (Wildman–Crippen LogP) is 2.36. The molecule has 160 valence electrons. The lowest BCUT2D eigenvalue weighted by atomic mass is 10.1. The first kappa shape index (κ1) is 19.8. The fraction of sp³-hybridized carbons (Fsp3) is 0.300. The van der Waals surface area contributed by atoms with Gasteiger partial charge in [0.05, 0.1) is 12.2 Å². The van der Waals surface area contributed by atoms with Crippen molar-refractivity contribution in [2.24, 2.45) is 0 Å². The maximum atomic E-state index is 13.9. The molecule has 3 aromatic rings. The molecule has 5 rings (SSSR count). The fourth-order valence-corrected chi connectivity index (χ4v) is 4.87. The van der Waals surface area contributed by atoms with Crippen LogP contribution in [0.5, 0.6) is 5.75 Å². The number of hydrazine groups is 1. The van der Waals surface area contributed by atoms with Gasteiger partial charge in [-0.25, -0.2) is 8.78 Å². The van der Waals surface area contributed by atoms with Gasteiger partial charge in [0.25, 0.3) is 5.91 Å². The molecule has 2 aliphatic rings. The van der Waals surface area contributed by atoms with Crippen LogP contribution < -0.4 is 5.43 Å². The van der Waals surface area contributed by atoms with E-state index in [1.807, 2.05) is 11.9 Å². The Balaban J connectivity index is 1.51. The van der Waals surface area contributed by atoms with Gasteiger partial charge in [-0.05, 0) is 25.0 Å². The highest BCUT2D eigenvalue weighted by molar-refractivity contribution is 7.14. The molecule has 11 heteroatoms. The largest absolute Gasteiger partial charge is 0.503 e. The number of benzene rings is 1. The van der Waals surface area contributed by atoms with Crippen molar-refractivity contribution < 1.29 is 18.7 Å². The van der Waals surface area contributed by atoms with Crippen LogP contribution in [0.15, 0.2) is 29.2 Å². The molecule has 2 aromatic heterocycles. The van der Waals surface area contributed by atoms with Gasteiger partial charge < -0.3 is 9.67 Å². The van der Waals surface area contributed by atoms with Crippen LogP contribution in [0.3, 0.4) is 0 Å². The topological polar surface area (TPSA) is 91.6 Å². The van der Waals surface area contributed by atoms with Gasteiger partial charge in [0, 0.05) is 31.3 Å². The first-order valence-corrected chi connectivity index (χ1v) is 10.5. The van der Waals surface area contributed by atoms with E-state index in [0.29, 0.717) is 18.2 Å². The van der Waals surface area contributed by atoms with E-state index < -0.39 is 28.7 Å². The van der Waals surface area contributed by atoms with Crippen LogP contribution in [0.4, 0.5) is 8.78 Å². The lowest BCUT2D eigenvalue weighted by Crippen LogP contribution is -2.50. The Morgan fingerprint density at radius 1 is 1.26 bits per heavy atom. The molecule has 0 spiro atoms. The summed E-state index contributed by atoms with van der Waals surface area (Å²) in [5.41, 5.74) is -0.395. The Morgan fingerprint density at radius 3 is 2.84 bits per heavy atom. The molecular weight excluding hydrogens is 428 g/mol. The number of aromatic hydroxyl groups is 1. The number of carbonyl (C=O) groups is 1. The zero-order chi connectivity index (χ0) is 21.9. The van der Waals surface area contributed by atoms with Gasteiger partial charge in [0.2, 0.25) is 5.43 Å². The normalized spacial score (nSPS) is 18.4. The Labute approximate surface area is 179 Å². The molecule has 1 unspecified atom stereocenters. The minimum Gasteiger partial charge on any atom is -0.503 e. The highest BCUT2D eigenvalue weighted by Gasteiger charge is 2.40. The summed E-state index contributed by atoms with van der Waals surface area (Å²) in [6.45, 7) is 2.93. The first-order valence-electron chi connectivity index (χ1n) is 9.65. The lowest BCUT2D eigenvalue weighted by molar-refractivity contribution is -0.0241. The summed E-state index contributed by atoms with van der Waals surface area (Å²) in [7, 11) is 0. The molecule has 1 saturated heterocycles. The molecule has 8 nitrogen and oxygen atoms in total. The summed E-state index contributed by atoms with van der Waals surface area (Å²) in [5.74, 6) is -2.40. The van der Waals surface area contributed by atoms with Gasteiger partial charge in [-0.1, -0.05) is 17.4 Å². The number of nitrogens with zero attached hydrogens (tertiary/aromatic N) is 5. The van der Waals surface area contributed by atoms with Crippen LogP contribution in [0.1, 0.15) is 34.4 Å². The van der Waals surface area contributed by atoms with E-state index in [1.54, 1.807) is 9.58 Å². The minimum absolute atomic E-state index is 0.00648. The van der Waals surface area contributed by atoms with Crippen molar-refractivity contribution in [3.05, 3.63) is 62.5 Å². The molecule has 1 N–H and O–H groups in total. The van der Waals surface area contributed by atoms with Crippen molar-refractivity contribution in [3.63, 3.8) is 0 Å². The van der Waals surface area contributed by atoms with E-state index in [0.717, 1.165) is 29.9 Å². The third kappa shape index (κ3) is 3.20. The fourth-order valence-electron chi connectivity index (χ4n) is 4.00. The first-order chi connectivity index (χ1) is 14.8. The van der Waals surface area contributed by atoms with Gasteiger partial charge in [-0.15, -0.1) is 10.2 Å². The van der Waals surface area contributed by atoms with E-state index in [9.17, 15) is 23.5 Å². The standard InChI is InChI=1S/C20H17F2N5O3S/c1-10-4-5-26-9-25-8-13(17(28)18(29)16(25)20(30)27(10)26)19-24-23-15(31-19)6-11-2-3-12(21)7-14(11)22/h2-3,7-8,10,29H,4-6,9H2,1H3. The molecule has 0 saturated carbocycles. The summed E-state index contributed by atoms with van der Waals surface area (Å²) < 4.78 is 28.6. The SMILES string of the molecule is CC1CCN2Cn3cc(-c4nnc(Cc5ccc(F)cc5F)s4)c(=O)c(O)c3C(=O)N12. The van der Waals surface area contributed by atoms with Crippen LogP contribution in [0, 0.1) is 11.6 Å². The minimum atomic E-state index is -0.712. The Bertz CT molecular complexity index is 1270. The zero-order valence-electron chi connectivity index (χ0n) is 16.4. The number of hydrogen-bond donors (Lipinski definition) is 1. The van der Waals surface area contributed by atoms with Gasteiger partial charge in [0.1, 0.15) is 16.6 Å². The van der Waals surface area contributed by atoms with Gasteiger partial charge in [0.15, 0.2) is 16.5 Å². The molecule has 2 aliphatic heterocycles. The van der Waals surface area contributed by atoms with Crippen molar-refractivity contribution in [3.8, 4) is 16.3 Å². The summed E-state index contributed by atoms with van der Waals surface area (Å²) in [4.78, 5) is 25.7. The number of halogens is 2. The number of hydrogen-bond acceptors (Lipinski definition) is 7. The van der Waals surface area contributed by atoms with E-state index in [1.165, 1.54) is 12.3 Å². The number of pyridine rings is 1. The Morgan fingerprint density at radius 2 is 2.06 bits per heavy atom. The quantitative estimate of drug-likeness (QED) is 0.666. The van der Waals surface area contributed by atoms with E-state index >= 15 is 0 Å². The predicted molar refractivity (Wildman–Crippen MR) is 107 cm³/mol. The average molecular weight is 445 g/mol. The summed E-state index contributed by atoms with van der Waals surface area (Å²) in [6.07, 6.45) is 2.39. The molecule has 4 heterocycles. The van der Waals surface area contributed by atoms with Gasteiger partial charge in [-0.2, -0.15) is 5.01 Å². The van der Waals surface area contributed by atoms with Crippen molar-refractivity contribution >= 4 is 17.2 Å². The van der Waals surface area contributed by atoms with Gasteiger partial charge >= 0.3 is 0 Å². The lowest BCUT2D eigenvalue weighted by Gasteiger charge is -2.37. The summed E-state index contributed by atoms with van der Waals surface area (Å²) in [6, 6.07) is 3.28. The molecule has 31 heavy (non-hydrogen) atoms. The number of fused-ring (bicyclic) bond motifs is 2. The van der Waals surface area contributed by atoms with Crippen molar-refractivity contribution in [1.29, 1.82) is 0 Å². The number of rotatable bonds is 3. The van der Waals surface area contributed by atoms with E-state index in [4.69, 9.17) is 0 Å². The monoisotopic (exact) mass is 445 g/mol. The maximum Gasteiger partial charge on any atom is 0.289 e. The van der Waals surface area contributed by atoms with Crippen LogP contribution in [0.25, 0.3) is 10.6 Å². The Kier molecular flexibility index (Phi) is 4.59. The molecule has 0 radical (unpaired) electrons.